The monoisotopic (exact) mass is 406 g/mol. The number of rotatable bonds is 9. The van der Waals surface area contributed by atoms with Gasteiger partial charge in [0, 0.05) is 12.8 Å². The van der Waals surface area contributed by atoms with Gasteiger partial charge >= 0.3 is 11.0 Å². The zero-order chi connectivity index (χ0) is 20.7. The predicted molar refractivity (Wildman–Crippen MR) is 103 cm³/mol. The largest absolute Gasteiger partial charge is 0.481 e. The Balaban J connectivity index is 2.03. The second-order valence-corrected chi connectivity index (χ2v) is 6.79. The lowest BCUT2D eigenvalue weighted by Gasteiger charge is -2.10. The number of thiazole rings is 1. The number of para-hydroxylation sites is 1. The quantitative estimate of drug-likeness (QED) is 0.328. The van der Waals surface area contributed by atoms with Crippen LogP contribution >= 0.6 is 11.3 Å². The van der Waals surface area contributed by atoms with Crippen molar-refractivity contribution in [1.82, 2.24) is 4.98 Å². The smallest absolute Gasteiger partial charge is 0.348 e. The molecule has 0 fully saturated rings. The minimum absolute atomic E-state index is 0.00829. The fraction of sp³-hybridized carbons (Fsp3) is 0.294. The first-order valence-corrected chi connectivity index (χ1v) is 9.13. The van der Waals surface area contributed by atoms with Crippen LogP contribution in [0.2, 0.25) is 0 Å². The average molecular weight is 406 g/mol. The highest BCUT2D eigenvalue weighted by Crippen LogP contribution is 2.30. The Morgan fingerprint density at radius 3 is 2.50 bits per heavy atom. The van der Waals surface area contributed by atoms with Crippen LogP contribution in [0.1, 0.15) is 41.7 Å². The third-order valence-corrected chi connectivity index (χ3v) is 4.67. The molecule has 0 aliphatic carbocycles. The van der Waals surface area contributed by atoms with E-state index in [-0.39, 0.29) is 45.8 Å². The van der Waals surface area contributed by atoms with Gasteiger partial charge in [-0.3, -0.25) is 29.8 Å². The van der Waals surface area contributed by atoms with E-state index in [4.69, 9.17) is 5.11 Å². The van der Waals surface area contributed by atoms with E-state index in [0.29, 0.717) is 12.8 Å². The van der Waals surface area contributed by atoms with Crippen molar-refractivity contribution in [1.29, 1.82) is 0 Å². The molecule has 10 nitrogen and oxygen atoms in total. The number of nitrogens with zero attached hydrogens (tertiary/aromatic N) is 2. The van der Waals surface area contributed by atoms with Gasteiger partial charge in [-0.15, -0.1) is 0 Å². The van der Waals surface area contributed by atoms with Crippen LogP contribution in [0.4, 0.5) is 15.8 Å². The summed E-state index contributed by atoms with van der Waals surface area (Å²) in [6.45, 7) is 1.48. The summed E-state index contributed by atoms with van der Waals surface area (Å²) in [5, 5.41) is 24.6. The Labute approximate surface area is 163 Å². The van der Waals surface area contributed by atoms with Crippen molar-refractivity contribution in [3.8, 4) is 0 Å². The molecule has 0 radical (unpaired) electrons. The van der Waals surface area contributed by atoms with Crippen molar-refractivity contribution < 1.29 is 24.4 Å². The van der Waals surface area contributed by atoms with E-state index in [2.05, 4.69) is 15.6 Å². The van der Waals surface area contributed by atoms with Gasteiger partial charge in [0.15, 0.2) is 5.13 Å². The van der Waals surface area contributed by atoms with Crippen LogP contribution in [-0.4, -0.2) is 32.8 Å². The number of aromatic nitrogens is 1. The second kappa shape index (κ2) is 9.55. The van der Waals surface area contributed by atoms with Crippen molar-refractivity contribution in [2.75, 3.05) is 10.6 Å². The van der Waals surface area contributed by atoms with Crippen LogP contribution in [0.5, 0.6) is 0 Å². The highest BCUT2D eigenvalue weighted by molar-refractivity contribution is 7.19. The molecule has 148 valence electrons. The fourth-order valence-electron chi connectivity index (χ4n) is 2.34. The molecule has 0 bridgehead atoms. The number of carbonyl (C=O) groups is 3. The van der Waals surface area contributed by atoms with Gasteiger partial charge in [0.1, 0.15) is 5.69 Å². The van der Waals surface area contributed by atoms with Gasteiger partial charge in [0.25, 0.3) is 5.91 Å². The number of aliphatic carboxylic acids is 1. The molecule has 0 unspecified atom stereocenters. The predicted octanol–water partition coefficient (Wildman–Crippen LogP) is 3.20. The summed E-state index contributed by atoms with van der Waals surface area (Å²) in [5.41, 5.74) is 0.663. The number of nitrogens with one attached hydrogen (secondary N) is 2. The lowest BCUT2D eigenvalue weighted by molar-refractivity contribution is -0.380. The summed E-state index contributed by atoms with van der Waals surface area (Å²) >= 11 is 0.749. The van der Waals surface area contributed by atoms with Crippen LogP contribution in [0.25, 0.3) is 0 Å². The first-order chi connectivity index (χ1) is 13.3. The second-order valence-electron chi connectivity index (χ2n) is 5.82. The summed E-state index contributed by atoms with van der Waals surface area (Å²) in [6.07, 6.45) is 0.911. The molecule has 0 saturated carbocycles. The number of amides is 2. The number of hydrogen-bond donors (Lipinski definition) is 3. The van der Waals surface area contributed by atoms with Gasteiger partial charge in [-0.05, 0) is 43.2 Å². The third-order valence-electron chi connectivity index (χ3n) is 3.65. The lowest BCUT2D eigenvalue weighted by atomic mass is 10.1. The Morgan fingerprint density at radius 2 is 1.86 bits per heavy atom. The molecule has 28 heavy (non-hydrogen) atoms. The van der Waals surface area contributed by atoms with E-state index in [0.717, 1.165) is 11.3 Å². The Hall–Kier alpha value is -3.34. The van der Waals surface area contributed by atoms with Gasteiger partial charge in [0.2, 0.25) is 5.91 Å². The molecular weight excluding hydrogens is 388 g/mol. The SMILES string of the molecule is Cc1nc(NC(=O)c2ccccc2NC(=O)CCCCC(=O)O)sc1[N+](=O)[O-]. The number of benzene rings is 1. The van der Waals surface area contributed by atoms with Crippen molar-refractivity contribution in [3.63, 3.8) is 0 Å². The molecule has 1 aromatic carbocycles. The molecule has 0 aliphatic rings. The Kier molecular flexibility index (Phi) is 7.15. The van der Waals surface area contributed by atoms with Gasteiger partial charge < -0.3 is 10.4 Å². The summed E-state index contributed by atoms with van der Waals surface area (Å²) in [7, 11) is 0. The standard InChI is InChI=1S/C17H18N4O6S/c1-10-16(21(26)27)28-17(18-10)20-15(25)11-6-2-3-7-12(11)19-13(22)8-4-5-9-14(23)24/h2-3,6-7H,4-5,8-9H2,1H3,(H,19,22)(H,23,24)(H,18,20,25). The van der Waals surface area contributed by atoms with E-state index >= 15 is 0 Å². The molecular formula is C17H18N4O6S. The van der Waals surface area contributed by atoms with Gasteiger partial charge in [-0.2, -0.15) is 0 Å². The molecule has 1 heterocycles. The molecule has 11 heteroatoms. The summed E-state index contributed by atoms with van der Waals surface area (Å²) in [6, 6.07) is 6.33. The third kappa shape index (κ3) is 5.84. The number of aryl methyl sites for hydroxylation is 1. The van der Waals surface area contributed by atoms with E-state index in [9.17, 15) is 24.5 Å². The molecule has 0 atom stereocenters. The maximum atomic E-state index is 12.5. The van der Waals surface area contributed by atoms with Crippen LogP contribution in [0.15, 0.2) is 24.3 Å². The summed E-state index contributed by atoms with van der Waals surface area (Å²) in [5.74, 6) is -1.82. The molecule has 2 rings (SSSR count). The average Bonchev–Trinajstić information content (AvgIpc) is 2.99. The number of carboxylic acids is 1. The zero-order valence-corrected chi connectivity index (χ0v) is 15.7. The van der Waals surface area contributed by atoms with Crippen molar-refractivity contribution in [2.45, 2.75) is 32.6 Å². The van der Waals surface area contributed by atoms with E-state index in [1.807, 2.05) is 0 Å². The topological polar surface area (TPSA) is 152 Å². The maximum Gasteiger partial charge on any atom is 0.348 e. The van der Waals surface area contributed by atoms with Crippen LogP contribution < -0.4 is 10.6 Å². The van der Waals surface area contributed by atoms with Gasteiger partial charge in [-0.1, -0.05) is 12.1 Å². The minimum atomic E-state index is -0.917. The molecule has 2 aromatic rings. The highest BCUT2D eigenvalue weighted by Gasteiger charge is 2.20. The number of anilines is 2. The van der Waals surface area contributed by atoms with Crippen molar-refractivity contribution in [3.05, 3.63) is 45.6 Å². The first kappa shape index (κ1) is 21.0. The molecule has 1 aromatic heterocycles. The lowest BCUT2D eigenvalue weighted by Crippen LogP contribution is -2.18. The van der Waals surface area contributed by atoms with Crippen molar-refractivity contribution >= 4 is 44.9 Å². The molecule has 0 spiro atoms. The first-order valence-electron chi connectivity index (χ1n) is 8.31. The zero-order valence-electron chi connectivity index (χ0n) is 14.9. The Bertz CT molecular complexity index is 911. The number of unbranched alkanes of at least 4 members (excludes halogenated alkanes) is 1. The molecule has 3 N–H and O–H groups in total. The normalized spacial score (nSPS) is 10.3. The van der Waals surface area contributed by atoms with Crippen molar-refractivity contribution in [2.24, 2.45) is 0 Å². The molecule has 0 aliphatic heterocycles. The molecule has 0 saturated heterocycles. The number of carbonyl (C=O) groups excluding carboxylic acids is 2. The maximum absolute atomic E-state index is 12.5. The van der Waals surface area contributed by atoms with E-state index in [1.165, 1.54) is 13.0 Å². The molecule has 2 amide bonds. The number of carboxylic acid groups (broad SMARTS) is 1. The van der Waals surface area contributed by atoms with Crippen LogP contribution in [-0.2, 0) is 9.59 Å². The number of nitro groups is 1. The summed E-state index contributed by atoms with van der Waals surface area (Å²) < 4.78 is 0. The summed E-state index contributed by atoms with van der Waals surface area (Å²) in [4.78, 5) is 49.3. The van der Waals surface area contributed by atoms with Crippen LogP contribution in [0.3, 0.4) is 0 Å². The fourth-order valence-corrected chi connectivity index (χ4v) is 3.12. The Morgan fingerprint density at radius 1 is 1.18 bits per heavy atom. The minimum Gasteiger partial charge on any atom is -0.481 e. The van der Waals surface area contributed by atoms with E-state index < -0.39 is 16.8 Å². The van der Waals surface area contributed by atoms with Gasteiger partial charge in [0.05, 0.1) is 16.2 Å². The highest BCUT2D eigenvalue weighted by atomic mass is 32.1. The van der Waals surface area contributed by atoms with E-state index in [1.54, 1.807) is 18.2 Å². The number of hydrogen-bond acceptors (Lipinski definition) is 7. The van der Waals surface area contributed by atoms with Crippen LogP contribution in [0, 0.1) is 17.0 Å². The van der Waals surface area contributed by atoms with Gasteiger partial charge in [-0.25, -0.2) is 4.98 Å².